The second-order valence-electron chi connectivity index (χ2n) is 3.88. The molecule has 1 amide bonds. The molecule has 2 atom stereocenters. The summed E-state index contributed by atoms with van der Waals surface area (Å²) in [6, 6.07) is -0.367. The van der Waals surface area contributed by atoms with E-state index in [9.17, 15) is 9.59 Å². The van der Waals surface area contributed by atoms with Crippen molar-refractivity contribution in [1.82, 2.24) is 5.32 Å². The van der Waals surface area contributed by atoms with Gasteiger partial charge in [-0.3, -0.25) is 9.59 Å². The van der Waals surface area contributed by atoms with Gasteiger partial charge in [0.05, 0.1) is 6.04 Å². The molecule has 2 unspecified atom stereocenters. The number of rotatable bonds is 3. The number of Topliss-reactive ketones (excluding diaryl/α,β-unsaturated/α-hetero) is 1. The Morgan fingerprint density at radius 1 is 1.50 bits per heavy atom. The van der Waals surface area contributed by atoms with Gasteiger partial charge in [-0.2, -0.15) is 0 Å². The van der Waals surface area contributed by atoms with Gasteiger partial charge in [0, 0.05) is 12.8 Å². The van der Waals surface area contributed by atoms with E-state index >= 15 is 0 Å². The molecule has 1 saturated heterocycles. The van der Waals surface area contributed by atoms with Crippen molar-refractivity contribution in [2.75, 3.05) is 0 Å². The molecule has 0 radical (unpaired) electrons. The molecule has 0 aromatic carbocycles. The molecular formula is C10H16N2O2. The highest BCUT2D eigenvalue weighted by Gasteiger charge is 2.26. The van der Waals surface area contributed by atoms with Gasteiger partial charge in [0.15, 0.2) is 5.78 Å². The minimum absolute atomic E-state index is 0.0432. The van der Waals surface area contributed by atoms with E-state index in [2.05, 4.69) is 5.32 Å². The molecule has 0 aliphatic carbocycles. The van der Waals surface area contributed by atoms with Crippen LogP contribution in [0.1, 0.15) is 32.6 Å². The third kappa shape index (κ3) is 2.94. The largest absolute Gasteiger partial charge is 0.346 e. The molecule has 1 aliphatic rings. The molecule has 0 saturated carbocycles. The van der Waals surface area contributed by atoms with Gasteiger partial charge in [-0.05, 0) is 25.0 Å². The van der Waals surface area contributed by atoms with Gasteiger partial charge in [-0.1, -0.05) is 6.92 Å². The molecular weight excluding hydrogens is 180 g/mol. The van der Waals surface area contributed by atoms with Crippen LogP contribution in [-0.2, 0) is 9.59 Å². The van der Waals surface area contributed by atoms with Gasteiger partial charge in [-0.15, -0.1) is 0 Å². The van der Waals surface area contributed by atoms with Crippen LogP contribution >= 0.6 is 0 Å². The lowest BCUT2D eigenvalue weighted by molar-refractivity contribution is -0.125. The molecule has 0 spiro atoms. The predicted octanol–water partition coefficient (Wildman–Crippen LogP) is 0.900. The van der Waals surface area contributed by atoms with Crippen LogP contribution in [0.3, 0.4) is 0 Å². The Balaban J connectivity index is 2.59. The Hall–Kier alpha value is -1.19. The van der Waals surface area contributed by atoms with Gasteiger partial charge in [0.2, 0.25) is 5.91 Å². The van der Waals surface area contributed by atoms with Crippen LogP contribution in [0.5, 0.6) is 0 Å². The van der Waals surface area contributed by atoms with Crippen molar-refractivity contribution in [3.8, 4) is 0 Å². The molecule has 1 rings (SSSR count). The van der Waals surface area contributed by atoms with Gasteiger partial charge in [-0.25, -0.2) is 0 Å². The molecule has 2 N–H and O–H groups in total. The SMILES string of the molecule is CC1CC(=O)NC(CCC=N)C(=O)C1. The molecule has 0 aromatic rings. The van der Waals surface area contributed by atoms with Crippen molar-refractivity contribution in [2.24, 2.45) is 5.92 Å². The van der Waals surface area contributed by atoms with Crippen LogP contribution in [0.25, 0.3) is 0 Å². The Bertz CT molecular complexity index is 251. The standard InChI is InChI=1S/C10H16N2O2/c1-7-5-9(13)8(3-2-4-11)12-10(14)6-7/h4,7-8,11H,2-3,5-6H2,1H3,(H,12,14). The highest BCUT2D eigenvalue weighted by Crippen LogP contribution is 2.15. The maximum Gasteiger partial charge on any atom is 0.220 e. The summed E-state index contributed by atoms with van der Waals surface area (Å²) in [7, 11) is 0. The summed E-state index contributed by atoms with van der Waals surface area (Å²) < 4.78 is 0. The quantitative estimate of drug-likeness (QED) is 0.658. The average Bonchev–Trinajstić information content (AvgIpc) is 2.21. The monoisotopic (exact) mass is 196 g/mol. The Morgan fingerprint density at radius 3 is 2.86 bits per heavy atom. The average molecular weight is 196 g/mol. The maximum absolute atomic E-state index is 11.6. The lowest BCUT2D eigenvalue weighted by Gasteiger charge is -2.12. The molecule has 14 heavy (non-hydrogen) atoms. The summed E-state index contributed by atoms with van der Waals surface area (Å²) in [5.74, 6) is 0.205. The van der Waals surface area contributed by atoms with E-state index in [0.717, 1.165) is 0 Å². The first-order valence-electron chi connectivity index (χ1n) is 4.94. The molecule has 4 nitrogen and oxygen atoms in total. The second-order valence-corrected chi connectivity index (χ2v) is 3.88. The van der Waals surface area contributed by atoms with Crippen molar-refractivity contribution >= 4 is 17.9 Å². The zero-order chi connectivity index (χ0) is 10.6. The molecule has 1 fully saturated rings. The molecule has 0 aromatic heterocycles. The topological polar surface area (TPSA) is 70.0 Å². The van der Waals surface area contributed by atoms with Gasteiger partial charge in [0.1, 0.15) is 0 Å². The number of nitrogens with one attached hydrogen (secondary N) is 2. The normalized spacial score (nSPS) is 28.1. The number of amides is 1. The first-order valence-corrected chi connectivity index (χ1v) is 4.94. The second kappa shape index (κ2) is 4.88. The predicted molar refractivity (Wildman–Crippen MR) is 53.4 cm³/mol. The van der Waals surface area contributed by atoms with Crippen LogP contribution < -0.4 is 5.32 Å². The lowest BCUT2D eigenvalue weighted by Crippen LogP contribution is -2.38. The lowest BCUT2D eigenvalue weighted by atomic mass is 9.98. The highest BCUT2D eigenvalue weighted by molar-refractivity contribution is 5.91. The van der Waals surface area contributed by atoms with Crippen molar-refractivity contribution in [1.29, 1.82) is 5.41 Å². The highest BCUT2D eigenvalue weighted by atomic mass is 16.2. The van der Waals surface area contributed by atoms with E-state index in [1.165, 1.54) is 6.21 Å². The summed E-state index contributed by atoms with van der Waals surface area (Å²) in [4.78, 5) is 22.9. The van der Waals surface area contributed by atoms with Crippen LogP contribution in [0.15, 0.2) is 0 Å². The summed E-state index contributed by atoms with van der Waals surface area (Å²) in [6.45, 7) is 1.91. The van der Waals surface area contributed by atoms with Crippen LogP contribution in [0, 0.1) is 11.3 Å². The smallest absolute Gasteiger partial charge is 0.220 e. The zero-order valence-electron chi connectivity index (χ0n) is 8.38. The van der Waals surface area contributed by atoms with Crippen LogP contribution in [0.4, 0.5) is 0 Å². The van der Waals surface area contributed by atoms with Crippen molar-refractivity contribution in [3.05, 3.63) is 0 Å². The molecule has 78 valence electrons. The Kier molecular flexibility index (Phi) is 3.80. The van der Waals surface area contributed by atoms with Crippen LogP contribution in [-0.4, -0.2) is 23.9 Å². The third-order valence-electron chi connectivity index (χ3n) is 2.41. The van der Waals surface area contributed by atoms with E-state index in [1.54, 1.807) is 0 Å². The summed E-state index contributed by atoms with van der Waals surface area (Å²) >= 11 is 0. The summed E-state index contributed by atoms with van der Waals surface area (Å²) in [5.41, 5.74) is 0. The first kappa shape index (κ1) is 10.9. The van der Waals surface area contributed by atoms with Gasteiger partial charge < -0.3 is 10.7 Å². The van der Waals surface area contributed by atoms with E-state index in [1.807, 2.05) is 6.92 Å². The summed E-state index contributed by atoms with van der Waals surface area (Å²) in [5, 5.41) is 9.58. The van der Waals surface area contributed by atoms with Gasteiger partial charge in [0.25, 0.3) is 0 Å². The fourth-order valence-corrected chi connectivity index (χ4v) is 1.69. The van der Waals surface area contributed by atoms with E-state index in [4.69, 9.17) is 5.41 Å². The number of ketones is 1. The zero-order valence-corrected chi connectivity index (χ0v) is 8.38. The van der Waals surface area contributed by atoms with E-state index in [-0.39, 0.29) is 23.7 Å². The molecule has 1 heterocycles. The maximum atomic E-state index is 11.6. The van der Waals surface area contributed by atoms with Crippen LogP contribution in [0.2, 0.25) is 0 Å². The molecule has 1 aliphatic heterocycles. The van der Waals surface area contributed by atoms with Crippen molar-refractivity contribution in [2.45, 2.75) is 38.6 Å². The Labute approximate surface area is 83.6 Å². The van der Waals surface area contributed by atoms with E-state index in [0.29, 0.717) is 25.7 Å². The number of carbonyl (C=O) groups excluding carboxylic acids is 2. The number of hydrogen-bond acceptors (Lipinski definition) is 3. The fourth-order valence-electron chi connectivity index (χ4n) is 1.69. The minimum Gasteiger partial charge on any atom is -0.346 e. The third-order valence-corrected chi connectivity index (χ3v) is 2.41. The first-order chi connectivity index (χ1) is 6.63. The summed E-state index contributed by atoms with van der Waals surface area (Å²) in [6.07, 6.45) is 3.29. The van der Waals surface area contributed by atoms with Crippen molar-refractivity contribution in [3.63, 3.8) is 0 Å². The molecule has 4 heteroatoms. The number of carbonyl (C=O) groups is 2. The van der Waals surface area contributed by atoms with E-state index < -0.39 is 0 Å². The van der Waals surface area contributed by atoms with Crippen molar-refractivity contribution < 1.29 is 9.59 Å². The molecule has 0 bridgehead atoms. The fraction of sp³-hybridized carbons (Fsp3) is 0.700. The minimum atomic E-state index is -0.367. The van der Waals surface area contributed by atoms with Gasteiger partial charge >= 0.3 is 0 Å². The number of hydrogen-bond donors (Lipinski definition) is 2. The Morgan fingerprint density at radius 2 is 2.21 bits per heavy atom.